The van der Waals surface area contributed by atoms with Crippen LogP contribution in [0.1, 0.15) is 39.2 Å². The van der Waals surface area contributed by atoms with Crippen LogP contribution in [-0.4, -0.2) is 16.6 Å². The number of hydrogen-bond donors (Lipinski definition) is 2. The second-order valence-corrected chi connectivity index (χ2v) is 6.04. The van der Waals surface area contributed by atoms with E-state index in [-0.39, 0.29) is 17.5 Å². The molecule has 23 heavy (non-hydrogen) atoms. The standard InChI is InChI=1S/C19H20N2O2/c1-10-17(12(3)22)19(18(13(4)23)11(2)21-10)15-9-20-16-8-6-5-7-14(15)16/h5-9,19-21H,1-4H3. The van der Waals surface area contributed by atoms with Gasteiger partial charge in [-0.2, -0.15) is 0 Å². The molecule has 0 amide bonds. The Morgan fingerprint density at radius 1 is 0.957 bits per heavy atom. The average Bonchev–Trinajstić information content (AvgIpc) is 2.89. The minimum Gasteiger partial charge on any atom is -0.362 e. The van der Waals surface area contributed by atoms with Crippen molar-refractivity contribution in [2.75, 3.05) is 0 Å². The summed E-state index contributed by atoms with van der Waals surface area (Å²) in [6.07, 6.45) is 1.91. The number of hydrogen-bond acceptors (Lipinski definition) is 3. The quantitative estimate of drug-likeness (QED) is 0.911. The van der Waals surface area contributed by atoms with Crippen LogP contribution in [0.15, 0.2) is 53.0 Å². The van der Waals surface area contributed by atoms with Gasteiger partial charge in [0.25, 0.3) is 0 Å². The summed E-state index contributed by atoms with van der Waals surface area (Å²) in [7, 11) is 0. The lowest BCUT2D eigenvalue weighted by Crippen LogP contribution is -2.29. The third kappa shape index (κ3) is 2.40. The number of rotatable bonds is 3. The topological polar surface area (TPSA) is 62.0 Å². The van der Waals surface area contributed by atoms with Crippen molar-refractivity contribution >= 4 is 22.5 Å². The Morgan fingerprint density at radius 2 is 1.52 bits per heavy atom. The Morgan fingerprint density at radius 3 is 2.09 bits per heavy atom. The van der Waals surface area contributed by atoms with Crippen LogP contribution in [0.4, 0.5) is 0 Å². The highest BCUT2D eigenvalue weighted by atomic mass is 16.1. The van der Waals surface area contributed by atoms with Crippen molar-refractivity contribution < 1.29 is 9.59 Å². The molecule has 0 fully saturated rings. The molecular formula is C19H20N2O2. The van der Waals surface area contributed by atoms with E-state index in [1.54, 1.807) is 13.8 Å². The van der Waals surface area contributed by atoms with Gasteiger partial charge in [0.2, 0.25) is 0 Å². The number of Topliss-reactive ketones (excluding diaryl/α,β-unsaturated/α-hetero) is 2. The van der Waals surface area contributed by atoms with Gasteiger partial charge in [-0.1, -0.05) is 18.2 Å². The molecule has 0 spiro atoms. The van der Waals surface area contributed by atoms with Crippen molar-refractivity contribution in [3.05, 3.63) is 58.6 Å². The average molecular weight is 308 g/mol. The summed E-state index contributed by atoms with van der Waals surface area (Å²) in [5.41, 5.74) is 4.92. The van der Waals surface area contributed by atoms with Crippen molar-refractivity contribution in [1.29, 1.82) is 0 Å². The predicted molar refractivity (Wildman–Crippen MR) is 90.9 cm³/mol. The highest BCUT2D eigenvalue weighted by Crippen LogP contribution is 2.41. The lowest BCUT2D eigenvalue weighted by Gasteiger charge is -2.30. The second-order valence-electron chi connectivity index (χ2n) is 6.04. The molecule has 0 atom stereocenters. The number of benzene rings is 1. The van der Waals surface area contributed by atoms with E-state index in [2.05, 4.69) is 10.3 Å². The summed E-state index contributed by atoms with van der Waals surface area (Å²) in [5, 5.41) is 4.23. The molecule has 0 unspecified atom stereocenters. The largest absolute Gasteiger partial charge is 0.362 e. The molecule has 1 aliphatic heterocycles. The van der Waals surface area contributed by atoms with Gasteiger partial charge in [-0.3, -0.25) is 9.59 Å². The van der Waals surface area contributed by atoms with Gasteiger partial charge in [0.1, 0.15) is 0 Å². The van der Waals surface area contributed by atoms with Gasteiger partial charge in [-0.05, 0) is 39.3 Å². The Labute approximate surface area is 135 Å². The van der Waals surface area contributed by atoms with Gasteiger partial charge in [-0.15, -0.1) is 0 Å². The first-order valence-corrected chi connectivity index (χ1v) is 7.68. The van der Waals surface area contributed by atoms with E-state index in [9.17, 15) is 9.59 Å². The van der Waals surface area contributed by atoms with E-state index in [0.29, 0.717) is 11.1 Å². The van der Waals surface area contributed by atoms with Crippen molar-refractivity contribution in [2.45, 2.75) is 33.6 Å². The fourth-order valence-corrected chi connectivity index (χ4v) is 3.57. The van der Waals surface area contributed by atoms with Crippen LogP contribution in [0.5, 0.6) is 0 Å². The number of aromatic amines is 1. The Bertz CT molecular complexity index is 848. The number of dihydropyridines is 1. The Hall–Kier alpha value is -2.62. The fourth-order valence-electron chi connectivity index (χ4n) is 3.57. The molecule has 1 aromatic heterocycles. The molecule has 0 bridgehead atoms. The molecule has 0 saturated carbocycles. The monoisotopic (exact) mass is 308 g/mol. The van der Waals surface area contributed by atoms with Crippen molar-refractivity contribution in [3.8, 4) is 0 Å². The van der Waals surface area contributed by atoms with E-state index in [4.69, 9.17) is 0 Å². The second kappa shape index (κ2) is 5.54. The van der Waals surface area contributed by atoms with E-state index >= 15 is 0 Å². The van der Waals surface area contributed by atoms with Crippen LogP contribution < -0.4 is 5.32 Å². The van der Waals surface area contributed by atoms with Crippen LogP contribution in [0.25, 0.3) is 10.9 Å². The molecule has 118 valence electrons. The highest BCUT2D eigenvalue weighted by molar-refractivity contribution is 6.05. The molecule has 0 aliphatic carbocycles. The number of H-pyrrole nitrogens is 1. The van der Waals surface area contributed by atoms with Crippen LogP contribution >= 0.6 is 0 Å². The van der Waals surface area contributed by atoms with Gasteiger partial charge in [-0.25, -0.2) is 0 Å². The van der Waals surface area contributed by atoms with Gasteiger partial charge < -0.3 is 10.3 Å². The summed E-state index contributed by atoms with van der Waals surface area (Å²) >= 11 is 0. The third-order valence-electron chi connectivity index (χ3n) is 4.45. The lowest BCUT2D eigenvalue weighted by atomic mass is 9.77. The number of allylic oxidation sites excluding steroid dienone is 4. The molecular weight excluding hydrogens is 288 g/mol. The first kappa shape index (κ1) is 15.3. The molecule has 2 aromatic rings. The zero-order valence-electron chi connectivity index (χ0n) is 13.8. The van der Waals surface area contributed by atoms with Crippen LogP contribution in [0, 0.1) is 0 Å². The third-order valence-corrected chi connectivity index (χ3v) is 4.45. The zero-order chi connectivity index (χ0) is 16.7. The molecule has 2 heterocycles. The molecule has 0 radical (unpaired) electrons. The van der Waals surface area contributed by atoms with Crippen molar-refractivity contribution in [2.24, 2.45) is 0 Å². The first-order chi connectivity index (χ1) is 10.9. The molecule has 1 aliphatic rings. The summed E-state index contributed by atoms with van der Waals surface area (Å²) in [6.45, 7) is 6.89. The zero-order valence-corrected chi connectivity index (χ0v) is 13.8. The number of fused-ring (bicyclic) bond motifs is 1. The maximum absolute atomic E-state index is 12.3. The number of aromatic nitrogens is 1. The molecule has 4 nitrogen and oxygen atoms in total. The highest BCUT2D eigenvalue weighted by Gasteiger charge is 2.34. The number of carbonyl (C=O) groups is 2. The fraction of sp³-hybridized carbons (Fsp3) is 0.263. The van der Waals surface area contributed by atoms with Crippen molar-refractivity contribution in [3.63, 3.8) is 0 Å². The van der Waals surface area contributed by atoms with Gasteiger partial charge in [0.05, 0.1) is 0 Å². The van der Waals surface area contributed by atoms with E-state index in [0.717, 1.165) is 27.9 Å². The van der Waals surface area contributed by atoms with Crippen LogP contribution in [0.3, 0.4) is 0 Å². The Balaban J connectivity index is 2.31. The van der Waals surface area contributed by atoms with E-state index in [1.807, 2.05) is 44.3 Å². The molecule has 2 N–H and O–H groups in total. The summed E-state index contributed by atoms with van der Waals surface area (Å²) in [6, 6.07) is 7.94. The maximum atomic E-state index is 12.3. The molecule has 3 rings (SSSR count). The van der Waals surface area contributed by atoms with Crippen LogP contribution in [-0.2, 0) is 9.59 Å². The summed E-state index contributed by atoms with van der Waals surface area (Å²) < 4.78 is 0. The minimum absolute atomic E-state index is 0.0171. The predicted octanol–water partition coefficient (Wildman–Crippen LogP) is 3.58. The van der Waals surface area contributed by atoms with Crippen LogP contribution in [0.2, 0.25) is 0 Å². The minimum atomic E-state index is -0.331. The number of para-hydroxylation sites is 1. The van der Waals surface area contributed by atoms with Gasteiger partial charge in [0, 0.05) is 45.6 Å². The lowest BCUT2D eigenvalue weighted by molar-refractivity contribution is -0.114. The number of carbonyl (C=O) groups excluding carboxylic acids is 2. The molecule has 4 heteroatoms. The number of ketones is 2. The van der Waals surface area contributed by atoms with Gasteiger partial charge >= 0.3 is 0 Å². The smallest absolute Gasteiger partial charge is 0.158 e. The Kier molecular flexibility index (Phi) is 3.68. The maximum Gasteiger partial charge on any atom is 0.158 e. The van der Waals surface area contributed by atoms with Crippen molar-refractivity contribution in [1.82, 2.24) is 10.3 Å². The summed E-state index contributed by atoms with van der Waals surface area (Å²) in [5.74, 6) is -0.365. The summed E-state index contributed by atoms with van der Waals surface area (Å²) in [4.78, 5) is 27.8. The normalized spacial score (nSPS) is 16.0. The molecule has 0 saturated heterocycles. The molecule has 1 aromatic carbocycles. The van der Waals surface area contributed by atoms with Gasteiger partial charge in [0.15, 0.2) is 11.6 Å². The first-order valence-electron chi connectivity index (χ1n) is 7.68. The van der Waals surface area contributed by atoms with E-state index < -0.39 is 0 Å². The number of nitrogens with one attached hydrogen (secondary N) is 2. The SMILES string of the molecule is CC(=O)C1=C(C)NC(C)=C(C(C)=O)C1c1c[nH]c2ccccc12. The van der Waals surface area contributed by atoms with E-state index in [1.165, 1.54) is 0 Å².